The molecule has 8 aromatic carbocycles. The largest absolute Gasteiger partial charge is 0.310 e. The molecule has 0 aromatic heterocycles. The Hall–Kier alpha value is -5.60. The Morgan fingerprint density at radius 1 is 0.288 bits per heavy atom. The Morgan fingerprint density at radius 2 is 0.519 bits per heavy atom. The molecule has 8 rings (SSSR count). The molecule has 0 unspecified atom stereocenters. The van der Waals surface area contributed by atoms with Crippen LogP contribution in [0.5, 0.6) is 0 Å². The number of hydrogen-bond acceptors (Lipinski definition) is 2. The molecule has 0 aliphatic heterocycles. The third kappa shape index (κ3) is 7.67. The van der Waals surface area contributed by atoms with Gasteiger partial charge in [-0.25, -0.2) is 0 Å². The fourth-order valence-electron chi connectivity index (χ4n) is 6.83. The Kier molecular flexibility index (Phi) is 14.4. The molecule has 0 heterocycles. The highest BCUT2D eigenvalue weighted by Gasteiger charge is 2.23. The van der Waals surface area contributed by atoms with Crippen LogP contribution in [-0.4, -0.2) is 0 Å². The molecule has 0 radical (unpaired) electrons. The summed E-state index contributed by atoms with van der Waals surface area (Å²) in [6.07, 6.45) is 0. The molecule has 0 fully saturated rings. The van der Waals surface area contributed by atoms with E-state index in [1.807, 2.05) is 55.4 Å². The van der Waals surface area contributed by atoms with E-state index < -0.39 is 0 Å². The van der Waals surface area contributed by atoms with Crippen LogP contribution in [0.2, 0.25) is 0 Å². The van der Waals surface area contributed by atoms with E-state index in [-0.39, 0.29) is 0 Å². The smallest absolute Gasteiger partial charge is 0.0543 e. The molecule has 0 spiro atoms. The maximum Gasteiger partial charge on any atom is 0.0543 e. The average molecular weight is 685 g/mol. The molecule has 0 bridgehead atoms. The molecule has 0 N–H and O–H groups in total. The lowest BCUT2D eigenvalue weighted by molar-refractivity contribution is 1.29. The Bertz CT molecular complexity index is 1980. The zero-order valence-electron chi connectivity index (χ0n) is 32.9. The molecule has 0 aliphatic carbocycles. The second kappa shape index (κ2) is 19.1. The third-order valence-corrected chi connectivity index (χ3v) is 8.81. The van der Waals surface area contributed by atoms with Crippen LogP contribution in [0.1, 0.15) is 66.5 Å². The lowest BCUT2D eigenvalue weighted by Gasteiger charge is -2.30. The van der Waals surface area contributed by atoms with Crippen LogP contribution in [0.25, 0.3) is 32.3 Å². The second-order valence-corrected chi connectivity index (χ2v) is 11.5. The summed E-state index contributed by atoms with van der Waals surface area (Å²) < 4.78 is 0. The highest BCUT2D eigenvalue weighted by atomic mass is 15.1. The number of aryl methyl sites for hydroxylation is 2. The van der Waals surface area contributed by atoms with Crippen LogP contribution in [0, 0.1) is 13.8 Å². The minimum Gasteiger partial charge on any atom is -0.310 e. The first-order chi connectivity index (χ1) is 25.7. The van der Waals surface area contributed by atoms with E-state index >= 15 is 0 Å². The summed E-state index contributed by atoms with van der Waals surface area (Å²) in [7, 11) is 0. The first kappa shape index (κ1) is 39.2. The van der Waals surface area contributed by atoms with Crippen molar-refractivity contribution in [1.29, 1.82) is 0 Å². The molecule has 266 valence electrons. The van der Waals surface area contributed by atoms with Crippen LogP contribution < -0.4 is 9.80 Å². The van der Waals surface area contributed by atoms with E-state index in [0.717, 1.165) is 22.7 Å². The fourth-order valence-corrected chi connectivity index (χ4v) is 6.83. The van der Waals surface area contributed by atoms with Gasteiger partial charge in [0.2, 0.25) is 0 Å². The first-order valence-electron chi connectivity index (χ1n) is 19.2. The summed E-state index contributed by atoms with van der Waals surface area (Å²) in [6, 6.07) is 56.8. The molecule has 52 heavy (non-hydrogen) atoms. The topological polar surface area (TPSA) is 6.48 Å². The lowest BCUT2D eigenvalue weighted by atomic mass is 9.88. The number of nitrogens with zero attached hydrogens (tertiary/aromatic N) is 2. The summed E-state index contributed by atoms with van der Waals surface area (Å²) in [5.74, 6) is 0. The summed E-state index contributed by atoms with van der Waals surface area (Å²) in [4.78, 5) is 4.79. The van der Waals surface area contributed by atoms with Gasteiger partial charge in [-0.05, 0) is 107 Å². The van der Waals surface area contributed by atoms with E-state index in [2.05, 4.69) is 181 Å². The minimum absolute atomic E-state index is 1.14. The van der Waals surface area contributed by atoms with Crippen molar-refractivity contribution >= 4 is 66.4 Å². The van der Waals surface area contributed by atoms with Gasteiger partial charge in [-0.1, -0.05) is 152 Å². The van der Waals surface area contributed by atoms with E-state index in [1.54, 1.807) is 0 Å². The van der Waals surface area contributed by atoms with Crippen LogP contribution in [0.4, 0.5) is 34.1 Å². The number of anilines is 6. The van der Waals surface area contributed by atoms with Crippen molar-refractivity contribution in [2.24, 2.45) is 0 Å². The second-order valence-electron chi connectivity index (χ2n) is 11.5. The quantitative estimate of drug-likeness (QED) is 0.161. The Morgan fingerprint density at radius 3 is 0.769 bits per heavy atom. The highest BCUT2D eigenvalue weighted by Crippen LogP contribution is 2.48. The minimum atomic E-state index is 1.14. The van der Waals surface area contributed by atoms with Gasteiger partial charge >= 0.3 is 0 Å². The lowest BCUT2D eigenvalue weighted by Crippen LogP contribution is -2.12. The van der Waals surface area contributed by atoms with Crippen molar-refractivity contribution in [3.63, 3.8) is 0 Å². The standard InChI is InChI=1S/C42H32N2.4C2H6/c1-29-27-39(43(31-15-7-3-8-16-31)32-17-9-4-10-18-32)37-26-24-36-30(2)28-40(38-25-23-35(29)41(37)42(36)38)44(33-19-11-5-12-20-33)34-21-13-6-14-22-34;4*1-2/h3-28H,1-2H3;4*1-2H3. The van der Waals surface area contributed by atoms with Crippen molar-refractivity contribution in [3.05, 3.63) is 169 Å². The molecule has 0 saturated heterocycles. The van der Waals surface area contributed by atoms with E-state index in [1.165, 1.54) is 54.8 Å². The predicted octanol–water partition coefficient (Wildman–Crippen LogP) is 16.2. The normalized spacial score (nSPS) is 10.1. The van der Waals surface area contributed by atoms with Crippen molar-refractivity contribution < 1.29 is 0 Å². The van der Waals surface area contributed by atoms with Crippen molar-refractivity contribution in [2.45, 2.75) is 69.2 Å². The molecule has 0 aliphatic rings. The SMILES string of the molecule is CC.CC.CC.CC.Cc1cc(N(c2ccccc2)c2ccccc2)c2ccc3c(C)cc(N(c4ccccc4)c4ccccc4)c4ccc1c2c34. The van der Waals surface area contributed by atoms with E-state index in [9.17, 15) is 0 Å². The monoisotopic (exact) mass is 684 g/mol. The maximum absolute atomic E-state index is 2.40. The molecule has 0 saturated carbocycles. The predicted molar refractivity (Wildman–Crippen MR) is 234 cm³/mol. The van der Waals surface area contributed by atoms with Gasteiger partial charge in [-0.3, -0.25) is 0 Å². The number of hydrogen-bond donors (Lipinski definition) is 0. The Labute approximate surface area is 313 Å². The van der Waals surface area contributed by atoms with Gasteiger partial charge in [-0.2, -0.15) is 0 Å². The number of rotatable bonds is 6. The molecule has 2 heteroatoms. The van der Waals surface area contributed by atoms with Gasteiger partial charge in [-0.15, -0.1) is 0 Å². The molecule has 0 atom stereocenters. The van der Waals surface area contributed by atoms with Crippen molar-refractivity contribution in [3.8, 4) is 0 Å². The van der Waals surface area contributed by atoms with Crippen molar-refractivity contribution in [2.75, 3.05) is 9.80 Å². The number of benzene rings is 8. The summed E-state index contributed by atoms with van der Waals surface area (Å²) in [6.45, 7) is 20.5. The first-order valence-corrected chi connectivity index (χ1v) is 19.2. The molecule has 0 amide bonds. The van der Waals surface area contributed by atoms with E-state index in [0.29, 0.717) is 0 Å². The van der Waals surface area contributed by atoms with Gasteiger partial charge in [0.25, 0.3) is 0 Å². The Balaban J connectivity index is 0.000000710. The van der Waals surface area contributed by atoms with Crippen LogP contribution in [-0.2, 0) is 0 Å². The highest BCUT2D eigenvalue weighted by molar-refractivity contribution is 6.29. The van der Waals surface area contributed by atoms with Crippen LogP contribution in [0.15, 0.2) is 158 Å². The van der Waals surface area contributed by atoms with Gasteiger partial charge in [0.15, 0.2) is 0 Å². The number of para-hydroxylation sites is 4. The summed E-state index contributed by atoms with van der Waals surface area (Å²) in [5.41, 5.74) is 9.48. The molecule has 2 nitrogen and oxygen atoms in total. The molecular weight excluding hydrogens is 629 g/mol. The van der Waals surface area contributed by atoms with Gasteiger partial charge in [0.1, 0.15) is 0 Å². The summed E-state index contributed by atoms with van der Waals surface area (Å²) >= 11 is 0. The van der Waals surface area contributed by atoms with Crippen LogP contribution in [0.3, 0.4) is 0 Å². The van der Waals surface area contributed by atoms with Crippen molar-refractivity contribution in [1.82, 2.24) is 0 Å². The zero-order chi connectivity index (χ0) is 37.6. The maximum atomic E-state index is 2.40. The van der Waals surface area contributed by atoms with Crippen LogP contribution >= 0.6 is 0 Å². The molecular formula is C50H56N2. The third-order valence-electron chi connectivity index (χ3n) is 8.81. The summed E-state index contributed by atoms with van der Waals surface area (Å²) in [5, 5.41) is 7.73. The van der Waals surface area contributed by atoms with Gasteiger partial charge < -0.3 is 9.80 Å². The zero-order valence-corrected chi connectivity index (χ0v) is 32.9. The molecule has 8 aromatic rings. The van der Waals surface area contributed by atoms with Gasteiger partial charge in [0.05, 0.1) is 11.4 Å². The van der Waals surface area contributed by atoms with E-state index in [4.69, 9.17) is 0 Å². The van der Waals surface area contributed by atoms with Gasteiger partial charge in [0, 0.05) is 33.5 Å². The fraction of sp³-hybridized carbons (Fsp3) is 0.200. The average Bonchev–Trinajstić information content (AvgIpc) is 3.23.